The average molecular weight is 393 g/mol. The van der Waals surface area contributed by atoms with E-state index in [1.807, 2.05) is 24.3 Å². The lowest BCUT2D eigenvalue weighted by Gasteiger charge is -2.41. The van der Waals surface area contributed by atoms with E-state index >= 15 is 0 Å². The maximum absolute atomic E-state index is 12.6. The zero-order valence-corrected chi connectivity index (χ0v) is 16.4. The molecular weight excluding hydrogens is 370 g/mol. The number of rotatable bonds is 4. The number of para-hydroxylation sites is 1. The van der Waals surface area contributed by atoms with E-state index in [4.69, 9.17) is 18.9 Å². The number of carbonyl (C=O) groups excluding carboxylic acids is 1. The van der Waals surface area contributed by atoms with Gasteiger partial charge in [0.25, 0.3) is 0 Å². The average Bonchev–Trinajstić information content (AvgIpc) is 3.15. The third kappa shape index (κ3) is 2.90. The van der Waals surface area contributed by atoms with Crippen molar-refractivity contribution in [3.05, 3.63) is 65.4 Å². The molecule has 4 atom stereocenters. The standard InChI is InChI=1S/C23H23NO5/c1-26-17-10-8-13-12-16(24-23(25)28-14-6-4-3-5-7-14)15-9-11-18(27-2)22-20(15)19(13)21(17)29-22/h3-8,10-11,15-16,20,22H,9,12H2,1-2H3,(H,24,25). The smallest absolute Gasteiger partial charge is 0.412 e. The van der Waals surface area contributed by atoms with Crippen LogP contribution >= 0.6 is 0 Å². The third-order valence-corrected chi connectivity index (χ3v) is 6.16. The molecule has 1 N–H and O–H groups in total. The van der Waals surface area contributed by atoms with Crippen LogP contribution in [0.15, 0.2) is 54.3 Å². The molecule has 2 aromatic carbocycles. The van der Waals surface area contributed by atoms with Gasteiger partial charge in [0.05, 0.1) is 14.2 Å². The van der Waals surface area contributed by atoms with Gasteiger partial charge in [-0.25, -0.2) is 4.79 Å². The van der Waals surface area contributed by atoms with Gasteiger partial charge in [-0.15, -0.1) is 0 Å². The summed E-state index contributed by atoms with van der Waals surface area (Å²) in [6, 6.07) is 13.1. The highest BCUT2D eigenvalue weighted by molar-refractivity contribution is 5.71. The highest BCUT2D eigenvalue weighted by Gasteiger charge is 2.52. The molecule has 150 valence electrons. The maximum atomic E-state index is 12.6. The van der Waals surface area contributed by atoms with Crippen molar-refractivity contribution in [2.24, 2.45) is 5.92 Å². The second kappa shape index (κ2) is 7.03. The van der Waals surface area contributed by atoms with Crippen molar-refractivity contribution in [3.8, 4) is 17.2 Å². The minimum atomic E-state index is -0.435. The summed E-state index contributed by atoms with van der Waals surface area (Å²) in [6.07, 6.45) is 2.98. The number of allylic oxidation sites excluding steroid dienone is 1. The van der Waals surface area contributed by atoms with Crippen LogP contribution in [-0.2, 0) is 11.2 Å². The van der Waals surface area contributed by atoms with E-state index in [1.165, 1.54) is 11.1 Å². The van der Waals surface area contributed by atoms with Crippen LogP contribution in [0.2, 0.25) is 0 Å². The molecule has 6 heteroatoms. The molecule has 0 bridgehead atoms. The van der Waals surface area contributed by atoms with Crippen LogP contribution in [0.5, 0.6) is 17.2 Å². The van der Waals surface area contributed by atoms with Gasteiger partial charge < -0.3 is 24.3 Å². The minimum Gasteiger partial charge on any atom is -0.497 e. The predicted octanol–water partition coefficient (Wildman–Crippen LogP) is 3.80. The molecule has 29 heavy (non-hydrogen) atoms. The Morgan fingerprint density at radius 2 is 1.93 bits per heavy atom. The quantitative estimate of drug-likeness (QED) is 0.856. The number of ether oxygens (including phenoxy) is 4. The van der Waals surface area contributed by atoms with Gasteiger partial charge >= 0.3 is 6.09 Å². The number of amides is 1. The van der Waals surface area contributed by atoms with Gasteiger partial charge in [0.1, 0.15) is 11.5 Å². The van der Waals surface area contributed by atoms with Crippen LogP contribution in [0, 0.1) is 5.92 Å². The first kappa shape index (κ1) is 17.9. The van der Waals surface area contributed by atoms with Crippen molar-refractivity contribution in [1.29, 1.82) is 0 Å². The molecule has 5 rings (SSSR count). The van der Waals surface area contributed by atoms with Crippen LogP contribution in [0.1, 0.15) is 23.5 Å². The topological polar surface area (TPSA) is 66.0 Å². The molecule has 0 saturated carbocycles. The summed E-state index contributed by atoms with van der Waals surface area (Å²) in [7, 11) is 3.33. The first-order chi connectivity index (χ1) is 14.2. The van der Waals surface area contributed by atoms with Crippen LogP contribution in [0.25, 0.3) is 0 Å². The second-order valence-corrected chi connectivity index (χ2v) is 7.60. The van der Waals surface area contributed by atoms with Gasteiger partial charge in [-0.2, -0.15) is 0 Å². The van der Waals surface area contributed by atoms with Gasteiger partial charge in [0.2, 0.25) is 0 Å². The summed E-state index contributed by atoms with van der Waals surface area (Å²) in [5.74, 6) is 3.22. The van der Waals surface area contributed by atoms with E-state index in [1.54, 1.807) is 26.4 Å². The molecule has 4 unspecified atom stereocenters. The van der Waals surface area contributed by atoms with Gasteiger partial charge in [-0.05, 0) is 48.6 Å². The van der Waals surface area contributed by atoms with Gasteiger partial charge in [0, 0.05) is 17.5 Å². The summed E-state index contributed by atoms with van der Waals surface area (Å²) >= 11 is 0. The lowest BCUT2D eigenvalue weighted by atomic mass is 9.67. The highest BCUT2D eigenvalue weighted by Crippen LogP contribution is 2.56. The first-order valence-electron chi connectivity index (χ1n) is 9.83. The summed E-state index contributed by atoms with van der Waals surface area (Å²) < 4.78 is 22.9. The minimum absolute atomic E-state index is 0.0520. The fraction of sp³-hybridized carbons (Fsp3) is 0.348. The SMILES string of the molecule is COC1=CCC2C(NC(=O)Oc3ccccc3)Cc3ccc(OC)c4c3C2C1O4. The number of benzene rings is 2. The fourth-order valence-electron chi connectivity index (χ4n) is 4.92. The Morgan fingerprint density at radius 3 is 2.69 bits per heavy atom. The van der Waals surface area contributed by atoms with Crippen LogP contribution < -0.4 is 19.5 Å². The van der Waals surface area contributed by atoms with Gasteiger partial charge in [0.15, 0.2) is 17.6 Å². The molecule has 0 saturated heterocycles. The van der Waals surface area contributed by atoms with E-state index in [2.05, 4.69) is 17.5 Å². The molecule has 2 aliphatic carbocycles. The Balaban J connectivity index is 1.46. The summed E-state index contributed by atoms with van der Waals surface area (Å²) in [6.45, 7) is 0. The Labute approximate surface area is 169 Å². The fourth-order valence-corrected chi connectivity index (χ4v) is 4.92. The maximum Gasteiger partial charge on any atom is 0.412 e. The Morgan fingerprint density at radius 1 is 1.10 bits per heavy atom. The van der Waals surface area contributed by atoms with E-state index < -0.39 is 6.09 Å². The van der Waals surface area contributed by atoms with Crippen LogP contribution in [0.4, 0.5) is 4.79 Å². The second-order valence-electron chi connectivity index (χ2n) is 7.60. The molecule has 2 aromatic rings. The molecule has 1 heterocycles. The number of carbonyl (C=O) groups is 1. The molecule has 0 spiro atoms. The van der Waals surface area contributed by atoms with Crippen molar-refractivity contribution < 1.29 is 23.7 Å². The largest absolute Gasteiger partial charge is 0.497 e. The molecule has 1 aliphatic heterocycles. The molecular formula is C23H23NO5. The van der Waals surface area contributed by atoms with E-state index in [0.717, 1.165) is 30.1 Å². The van der Waals surface area contributed by atoms with Crippen molar-refractivity contribution in [2.45, 2.75) is 30.9 Å². The number of hydrogen-bond acceptors (Lipinski definition) is 5. The Kier molecular flexibility index (Phi) is 4.34. The lowest BCUT2D eigenvalue weighted by molar-refractivity contribution is 0.101. The van der Waals surface area contributed by atoms with E-state index in [9.17, 15) is 4.79 Å². The van der Waals surface area contributed by atoms with Gasteiger partial charge in [-0.3, -0.25) is 0 Å². The van der Waals surface area contributed by atoms with Crippen molar-refractivity contribution >= 4 is 6.09 Å². The Bertz CT molecular complexity index is 971. The molecule has 0 fully saturated rings. The third-order valence-electron chi connectivity index (χ3n) is 6.16. The van der Waals surface area contributed by atoms with E-state index in [0.29, 0.717) is 5.75 Å². The first-order valence-corrected chi connectivity index (χ1v) is 9.83. The summed E-state index contributed by atoms with van der Waals surface area (Å²) in [4.78, 5) is 12.6. The van der Waals surface area contributed by atoms with Crippen LogP contribution in [-0.4, -0.2) is 32.5 Å². The Hall–Kier alpha value is -3.15. The highest BCUT2D eigenvalue weighted by atomic mass is 16.6. The predicted molar refractivity (Wildman–Crippen MR) is 106 cm³/mol. The van der Waals surface area contributed by atoms with Crippen molar-refractivity contribution in [1.82, 2.24) is 5.32 Å². The molecule has 3 aliphatic rings. The number of nitrogens with one attached hydrogen (secondary N) is 1. The number of hydrogen-bond donors (Lipinski definition) is 1. The summed E-state index contributed by atoms with van der Waals surface area (Å²) in [5.41, 5.74) is 2.36. The van der Waals surface area contributed by atoms with E-state index in [-0.39, 0.29) is 24.0 Å². The zero-order chi connectivity index (χ0) is 20.0. The normalized spacial score (nSPS) is 25.9. The monoisotopic (exact) mass is 393 g/mol. The zero-order valence-electron chi connectivity index (χ0n) is 16.4. The lowest BCUT2D eigenvalue weighted by Crippen LogP contribution is -2.50. The molecule has 6 nitrogen and oxygen atoms in total. The van der Waals surface area contributed by atoms with Crippen molar-refractivity contribution in [3.63, 3.8) is 0 Å². The summed E-state index contributed by atoms with van der Waals surface area (Å²) in [5, 5.41) is 3.09. The van der Waals surface area contributed by atoms with Crippen LogP contribution in [0.3, 0.4) is 0 Å². The molecule has 1 amide bonds. The van der Waals surface area contributed by atoms with Crippen molar-refractivity contribution in [2.75, 3.05) is 14.2 Å². The van der Waals surface area contributed by atoms with Gasteiger partial charge in [-0.1, -0.05) is 24.3 Å². The molecule has 0 radical (unpaired) electrons. The number of methoxy groups -OCH3 is 2. The molecule has 0 aromatic heterocycles.